The average Bonchev–Trinajstić information content (AvgIpc) is 2.40. The fraction of sp³-hybridized carbons (Fsp3) is 0.500. The van der Waals surface area contributed by atoms with Crippen molar-refractivity contribution in [3.63, 3.8) is 0 Å². The van der Waals surface area contributed by atoms with Crippen molar-refractivity contribution in [1.82, 2.24) is 5.32 Å². The zero-order valence-corrected chi connectivity index (χ0v) is 10.3. The molecule has 1 aliphatic heterocycles. The topological polar surface area (TPSA) is 38.3 Å². The van der Waals surface area contributed by atoms with E-state index in [9.17, 15) is 9.18 Å². The molecular weight excluding hydrogens is 233 g/mol. The third kappa shape index (κ3) is 3.81. The van der Waals surface area contributed by atoms with E-state index in [4.69, 9.17) is 4.74 Å². The number of carbonyl (C=O) groups excluding carboxylic acids is 1. The van der Waals surface area contributed by atoms with Gasteiger partial charge in [0.2, 0.25) is 0 Å². The fourth-order valence-corrected chi connectivity index (χ4v) is 2.13. The second-order valence-corrected chi connectivity index (χ2v) is 4.61. The van der Waals surface area contributed by atoms with Gasteiger partial charge in [-0.2, -0.15) is 0 Å². The SMILES string of the molecule is O=C(NCCC1CCOCC1)c1ccc(F)cc1. The van der Waals surface area contributed by atoms with Crippen LogP contribution in [0.4, 0.5) is 4.39 Å². The molecular formula is C14H18FNO2. The minimum absolute atomic E-state index is 0.137. The molecule has 1 heterocycles. The summed E-state index contributed by atoms with van der Waals surface area (Å²) in [6, 6.07) is 5.60. The maximum absolute atomic E-state index is 12.7. The number of hydrogen-bond acceptors (Lipinski definition) is 2. The Labute approximate surface area is 106 Å². The quantitative estimate of drug-likeness (QED) is 0.892. The number of nitrogens with one attached hydrogen (secondary N) is 1. The molecule has 0 radical (unpaired) electrons. The number of benzene rings is 1. The summed E-state index contributed by atoms with van der Waals surface area (Å²) in [6.07, 6.45) is 3.13. The molecule has 1 aliphatic rings. The minimum Gasteiger partial charge on any atom is -0.381 e. The molecule has 0 bridgehead atoms. The number of ether oxygens (including phenoxy) is 1. The van der Waals surface area contributed by atoms with Crippen LogP contribution in [0.1, 0.15) is 29.6 Å². The van der Waals surface area contributed by atoms with Gasteiger partial charge in [0, 0.05) is 25.3 Å². The lowest BCUT2D eigenvalue weighted by Gasteiger charge is -2.21. The highest BCUT2D eigenvalue weighted by molar-refractivity contribution is 5.94. The summed E-state index contributed by atoms with van der Waals surface area (Å²) < 4.78 is 18.0. The molecule has 1 aromatic rings. The molecule has 98 valence electrons. The molecule has 4 heteroatoms. The predicted molar refractivity (Wildman–Crippen MR) is 66.9 cm³/mol. The Hall–Kier alpha value is -1.42. The molecule has 1 N–H and O–H groups in total. The van der Waals surface area contributed by atoms with Crippen LogP contribution in [0.5, 0.6) is 0 Å². The standard InChI is InChI=1S/C14H18FNO2/c15-13-3-1-12(2-4-13)14(17)16-8-5-11-6-9-18-10-7-11/h1-4,11H,5-10H2,(H,16,17). The van der Waals surface area contributed by atoms with Crippen LogP contribution in [0.25, 0.3) is 0 Å². The number of carbonyl (C=O) groups is 1. The van der Waals surface area contributed by atoms with E-state index in [0.29, 0.717) is 18.0 Å². The molecule has 0 aliphatic carbocycles. The molecule has 0 aromatic heterocycles. The first-order valence-corrected chi connectivity index (χ1v) is 6.37. The van der Waals surface area contributed by atoms with Crippen LogP contribution in [0.2, 0.25) is 0 Å². The molecule has 2 rings (SSSR count). The van der Waals surface area contributed by atoms with E-state index >= 15 is 0 Å². The zero-order chi connectivity index (χ0) is 12.8. The second kappa shape index (κ2) is 6.50. The minimum atomic E-state index is -0.325. The highest BCUT2D eigenvalue weighted by Crippen LogP contribution is 2.17. The molecule has 18 heavy (non-hydrogen) atoms. The highest BCUT2D eigenvalue weighted by atomic mass is 19.1. The van der Waals surface area contributed by atoms with Gasteiger partial charge in [-0.1, -0.05) is 0 Å². The summed E-state index contributed by atoms with van der Waals surface area (Å²) in [5.74, 6) is 0.183. The largest absolute Gasteiger partial charge is 0.381 e. The lowest BCUT2D eigenvalue weighted by Crippen LogP contribution is -2.27. The molecule has 1 amide bonds. The van der Waals surface area contributed by atoms with Gasteiger partial charge in [0.05, 0.1) is 0 Å². The zero-order valence-electron chi connectivity index (χ0n) is 10.3. The van der Waals surface area contributed by atoms with Crippen LogP contribution in [0.3, 0.4) is 0 Å². The maximum atomic E-state index is 12.7. The average molecular weight is 251 g/mol. The number of amides is 1. The Morgan fingerprint density at radius 3 is 2.61 bits per heavy atom. The van der Waals surface area contributed by atoms with Gasteiger partial charge in [-0.15, -0.1) is 0 Å². The van der Waals surface area contributed by atoms with Crippen molar-refractivity contribution < 1.29 is 13.9 Å². The fourth-order valence-electron chi connectivity index (χ4n) is 2.13. The normalized spacial score (nSPS) is 16.5. The first-order valence-electron chi connectivity index (χ1n) is 6.37. The Kier molecular flexibility index (Phi) is 4.70. The van der Waals surface area contributed by atoms with Gasteiger partial charge in [0.25, 0.3) is 5.91 Å². The summed E-state index contributed by atoms with van der Waals surface area (Å²) in [5.41, 5.74) is 0.503. The van der Waals surface area contributed by atoms with Gasteiger partial charge in [-0.25, -0.2) is 4.39 Å². The van der Waals surface area contributed by atoms with Crippen LogP contribution in [0, 0.1) is 11.7 Å². The molecule has 0 unspecified atom stereocenters. The van der Waals surface area contributed by atoms with Gasteiger partial charge in [0.15, 0.2) is 0 Å². The number of hydrogen-bond donors (Lipinski definition) is 1. The Balaban J connectivity index is 1.72. The van der Waals surface area contributed by atoms with Crippen LogP contribution >= 0.6 is 0 Å². The highest BCUT2D eigenvalue weighted by Gasteiger charge is 2.13. The van der Waals surface area contributed by atoms with E-state index in [-0.39, 0.29) is 11.7 Å². The number of rotatable bonds is 4. The van der Waals surface area contributed by atoms with Crippen molar-refractivity contribution in [2.75, 3.05) is 19.8 Å². The van der Waals surface area contributed by atoms with E-state index in [1.54, 1.807) is 0 Å². The van der Waals surface area contributed by atoms with E-state index in [2.05, 4.69) is 5.32 Å². The summed E-state index contributed by atoms with van der Waals surface area (Å²) in [5, 5.41) is 2.86. The first-order chi connectivity index (χ1) is 8.75. The van der Waals surface area contributed by atoms with Gasteiger partial charge in [-0.05, 0) is 49.4 Å². The van der Waals surface area contributed by atoms with Gasteiger partial charge in [-0.3, -0.25) is 4.79 Å². The van der Waals surface area contributed by atoms with Gasteiger partial charge >= 0.3 is 0 Å². The third-order valence-corrected chi connectivity index (χ3v) is 3.29. The van der Waals surface area contributed by atoms with E-state index < -0.39 is 0 Å². The maximum Gasteiger partial charge on any atom is 0.251 e. The van der Waals surface area contributed by atoms with Crippen LogP contribution in [-0.2, 0) is 4.74 Å². The second-order valence-electron chi connectivity index (χ2n) is 4.61. The first kappa shape index (κ1) is 13.0. The van der Waals surface area contributed by atoms with Crippen molar-refractivity contribution in [2.45, 2.75) is 19.3 Å². The summed E-state index contributed by atoms with van der Waals surface area (Å²) in [4.78, 5) is 11.7. The van der Waals surface area contributed by atoms with Crippen LogP contribution in [-0.4, -0.2) is 25.7 Å². The Morgan fingerprint density at radius 1 is 1.28 bits per heavy atom. The molecule has 3 nitrogen and oxygen atoms in total. The Morgan fingerprint density at radius 2 is 1.94 bits per heavy atom. The molecule has 0 atom stereocenters. The van der Waals surface area contributed by atoms with E-state index in [1.165, 1.54) is 24.3 Å². The molecule has 1 fully saturated rings. The smallest absolute Gasteiger partial charge is 0.251 e. The van der Waals surface area contributed by atoms with Crippen molar-refractivity contribution in [1.29, 1.82) is 0 Å². The predicted octanol–water partition coefficient (Wildman–Crippen LogP) is 2.37. The summed E-state index contributed by atoms with van der Waals surface area (Å²) >= 11 is 0. The van der Waals surface area contributed by atoms with Crippen molar-refractivity contribution >= 4 is 5.91 Å². The molecule has 0 saturated carbocycles. The lowest BCUT2D eigenvalue weighted by molar-refractivity contribution is 0.0636. The summed E-state index contributed by atoms with van der Waals surface area (Å²) in [7, 11) is 0. The van der Waals surface area contributed by atoms with E-state index in [1.807, 2.05) is 0 Å². The van der Waals surface area contributed by atoms with Gasteiger partial charge < -0.3 is 10.1 Å². The van der Waals surface area contributed by atoms with Crippen molar-refractivity contribution in [2.24, 2.45) is 5.92 Å². The van der Waals surface area contributed by atoms with Crippen molar-refractivity contribution in [3.05, 3.63) is 35.6 Å². The van der Waals surface area contributed by atoms with E-state index in [0.717, 1.165) is 32.5 Å². The monoisotopic (exact) mass is 251 g/mol. The third-order valence-electron chi connectivity index (χ3n) is 3.29. The van der Waals surface area contributed by atoms with Gasteiger partial charge in [0.1, 0.15) is 5.82 Å². The summed E-state index contributed by atoms with van der Waals surface area (Å²) in [6.45, 7) is 2.33. The molecule has 1 aromatic carbocycles. The molecule has 0 spiro atoms. The van der Waals surface area contributed by atoms with Crippen LogP contribution in [0.15, 0.2) is 24.3 Å². The van der Waals surface area contributed by atoms with Crippen molar-refractivity contribution in [3.8, 4) is 0 Å². The molecule has 1 saturated heterocycles. The lowest BCUT2D eigenvalue weighted by atomic mass is 9.97. The number of halogens is 1. The van der Waals surface area contributed by atoms with Crippen LogP contribution < -0.4 is 5.32 Å². The Bertz CT molecular complexity index is 385.